The van der Waals surface area contributed by atoms with E-state index in [0.29, 0.717) is 5.69 Å². The molecule has 162 valence electrons. The number of hydrogen-bond acceptors (Lipinski definition) is 3. The summed E-state index contributed by atoms with van der Waals surface area (Å²) in [5.74, 6) is -1.22. The number of benzene rings is 3. The van der Waals surface area contributed by atoms with E-state index in [9.17, 15) is 19.1 Å². The highest BCUT2D eigenvalue weighted by molar-refractivity contribution is 6.03. The van der Waals surface area contributed by atoms with E-state index in [2.05, 4.69) is 5.32 Å². The lowest BCUT2D eigenvalue weighted by atomic mass is 9.71. The fourth-order valence-corrected chi connectivity index (χ4v) is 4.84. The number of nitrogens with zero attached hydrogens (tertiary/aromatic N) is 2. The van der Waals surface area contributed by atoms with Crippen LogP contribution in [0.2, 0.25) is 0 Å². The molecule has 7 heteroatoms. The fraction of sp³-hybridized carbons (Fsp3) is 0.200. The quantitative estimate of drug-likeness (QED) is 0.662. The molecule has 0 aromatic heterocycles. The number of nitrogens with one attached hydrogen (secondary N) is 1. The number of aliphatic hydroxyl groups is 1. The monoisotopic (exact) mass is 431 g/mol. The molecule has 0 unspecified atom stereocenters. The van der Waals surface area contributed by atoms with E-state index >= 15 is 0 Å². The molecule has 5 rings (SSSR count). The summed E-state index contributed by atoms with van der Waals surface area (Å²) >= 11 is 0. The van der Waals surface area contributed by atoms with Crippen molar-refractivity contribution in [3.8, 4) is 0 Å². The van der Waals surface area contributed by atoms with Crippen LogP contribution in [0.1, 0.15) is 21.8 Å². The van der Waals surface area contributed by atoms with Crippen molar-refractivity contribution in [1.29, 1.82) is 0 Å². The van der Waals surface area contributed by atoms with Gasteiger partial charge in [0, 0.05) is 23.8 Å². The maximum Gasteiger partial charge on any atom is 0.326 e. The molecule has 3 aromatic rings. The maximum absolute atomic E-state index is 14.3. The van der Waals surface area contributed by atoms with Gasteiger partial charge in [-0.2, -0.15) is 0 Å². The number of anilines is 2. The Bertz CT molecular complexity index is 1170. The molecule has 6 nitrogen and oxygen atoms in total. The SMILES string of the molecule is O=C(Nc1ccccc1)N1C[C@@H]2[C@H](c3ccccc31)[C@@H](CO)N2C(=O)c1ccccc1F. The molecule has 2 aliphatic heterocycles. The predicted molar refractivity (Wildman–Crippen MR) is 119 cm³/mol. The first-order valence-corrected chi connectivity index (χ1v) is 10.5. The van der Waals surface area contributed by atoms with Crippen LogP contribution in [0, 0.1) is 5.82 Å². The van der Waals surface area contributed by atoms with Gasteiger partial charge >= 0.3 is 6.03 Å². The van der Waals surface area contributed by atoms with Crippen molar-refractivity contribution >= 4 is 23.3 Å². The minimum atomic E-state index is -0.604. The summed E-state index contributed by atoms with van der Waals surface area (Å²) in [4.78, 5) is 29.5. The Morgan fingerprint density at radius 1 is 0.969 bits per heavy atom. The van der Waals surface area contributed by atoms with E-state index in [1.165, 1.54) is 23.1 Å². The first-order chi connectivity index (χ1) is 15.6. The molecule has 2 N–H and O–H groups in total. The lowest BCUT2D eigenvalue weighted by molar-refractivity contribution is -0.0244. The van der Waals surface area contributed by atoms with E-state index in [-0.39, 0.29) is 36.7 Å². The van der Waals surface area contributed by atoms with Gasteiger partial charge in [-0.25, -0.2) is 9.18 Å². The zero-order chi connectivity index (χ0) is 22.2. The van der Waals surface area contributed by atoms with Gasteiger partial charge < -0.3 is 15.3 Å². The average Bonchev–Trinajstić information content (AvgIpc) is 2.80. The van der Waals surface area contributed by atoms with Crippen LogP contribution in [-0.4, -0.2) is 47.2 Å². The zero-order valence-electron chi connectivity index (χ0n) is 17.2. The van der Waals surface area contributed by atoms with E-state index in [1.54, 1.807) is 23.1 Å². The van der Waals surface area contributed by atoms with Gasteiger partial charge in [0.1, 0.15) is 5.82 Å². The van der Waals surface area contributed by atoms with Crippen LogP contribution in [-0.2, 0) is 0 Å². The van der Waals surface area contributed by atoms with Crippen LogP contribution >= 0.6 is 0 Å². The Kier molecular flexibility index (Phi) is 5.11. The van der Waals surface area contributed by atoms with Crippen molar-refractivity contribution in [1.82, 2.24) is 4.90 Å². The molecule has 0 saturated carbocycles. The van der Waals surface area contributed by atoms with Crippen molar-refractivity contribution in [2.24, 2.45) is 0 Å². The molecule has 0 aliphatic carbocycles. The second-order valence-corrected chi connectivity index (χ2v) is 8.00. The number of aliphatic hydroxyl groups excluding tert-OH is 1. The summed E-state index contributed by atoms with van der Waals surface area (Å²) in [6, 6.07) is 21.3. The van der Waals surface area contributed by atoms with Gasteiger partial charge in [-0.1, -0.05) is 48.5 Å². The van der Waals surface area contributed by atoms with Gasteiger partial charge in [0.15, 0.2) is 0 Å². The predicted octanol–water partition coefficient (Wildman–Crippen LogP) is 3.85. The van der Waals surface area contributed by atoms with E-state index < -0.39 is 17.8 Å². The number of urea groups is 1. The van der Waals surface area contributed by atoms with Crippen LogP contribution in [0.5, 0.6) is 0 Å². The minimum Gasteiger partial charge on any atom is -0.394 e. The Labute approximate surface area is 184 Å². The van der Waals surface area contributed by atoms with Gasteiger partial charge in [-0.05, 0) is 35.9 Å². The van der Waals surface area contributed by atoms with Gasteiger partial charge in [0.25, 0.3) is 5.91 Å². The number of hydrogen-bond donors (Lipinski definition) is 2. The molecule has 0 spiro atoms. The average molecular weight is 431 g/mol. The lowest BCUT2D eigenvalue weighted by Crippen LogP contribution is -2.71. The maximum atomic E-state index is 14.3. The molecule has 0 radical (unpaired) electrons. The third kappa shape index (κ3) is 3.22. The summed E-state index contributed by atoms with van der Waals surface area (Å²) in [5, 5.41) is 13.0. The number of para-hydroxylation sites is 2. The van der Waals surface area contributed by atoms with E-state index in [0.717, 1.165) is 11.3 Å². The first-order valence-electron chi connectivity index (χ1n) is 10.5. The second kappa shape index (κ2) is 8.09. The molecular formula is C25H22FN3O3. The highest BCUT2D eigenvalue weighted by atomic mass is 19.1. The minimum absolute atomic E-state index is 0.0384. The third-order valence-electron chi connectivity index (χ3n) is 6.30. The third-order valence-corrected chi connectivity index (χ3v) is 6.30. The Hall–Kier alpha value is -3.71. The van der Waals surface area contributed by atoms with Gasteiger partial charge in [-0.3, -0.25) is 9.69 Å². The molecule has 3 atom stereocenters. The van der Waals surface area contributed by atoms with Gasteiger partial charge in [0.2, 0.25) is 0 Å². The molecule has 3 amide bonds. The topological polar surface area (TPSA) is 72.9 Å². The summed E-state index contributed by atoms with van der Waals surface area (Å²) in [5.41, 5.74) is 2.27. The molecule has 1 fully saturated rings. The van der Waals surface area contributed by atoms with Crippen molar-refractivity contribution in [3.05, 3.63) is 95.8 Å². The lowest BCUT2D eigenvalue weighted by Gasteiger charge is -2.58. The molecule has 32 heavy (non-hydrogen) atoms. The summed E-state index contributed by atoms with van der Waals surface area (Å²) < 4.78 is 14.3. The Morgan fingerprint density at radius 2 is 1.66 bits per heavy atom. The Morgan fingerprint density at radius 3 is 2.41 bits per heavy atom. The number of halogens is 1. The summed E-state index contributed by atoms with van der Waals surface area (Å²) in [6.07, 6.45) is 0. The van der Waals surface area contributed by atoms with Crippen LogP contribution in [0.25, 0.3) is 0 Å². The van der Waals surface area contributed by atoms with Gasteiger partial charge in [0.05, 0.1) is 24.3 Å². The van der Waals surface area contributed by atoms with Crippen LogP contribution in [0.15, 0.2) is 78.9 Å². The van der Waals surface area contributed by atoms with E-state index in [1.807, 2.05) is 42.5 Å². The molecule has 2 heterocycles. The normalized spacial score (nSPS) is 21.2. The fourth-order valence-electron chi connectivity index (χ4n) is 4.84. The highest BCUT2D eigenvalue weighted by Gasteiger charge is 2.55. The molecule has 1 saturated heterocycles. The summed E-state index contributed by atoms with van der Waals surface area (Å²) in [6.45, 7) is 0.00292. The Balaban J connectivity index is 1.49. The molecule has 0 bridgehead atoms. The van der Waals surface area contributed by atoms with Crippen LogP contribution < -0.4 is 10.2 Å². The largest absolute Gasteiger partial charge is 0.394 e. The van der Waals surface area contributed by atoms with Crippen molar-refractivity contribution < 1.29 is 19.1 Å². The number of carbonyl (C=O) groups is 2. The van der Waals surface area contributed by atoms with Crippen LogP contribution in [0.3, 0.4) is 0 Å². The van der Waals surface area contributed by atoms with Gasteiger partial charge in [-0.15, -0.1) is 0 Å². The standard InChI is InChI=1S/C25H22FN3O3/c26-19-12-6-4-10-17(19)24(31)29-21-14-28(25(32)27-16-8-2-1-3-9-16)20-13-7-5-11-18(20)23(21)22(29)15-30/h1-13,21-23,30H,14-15H2,(H,27,32)/t21-,22-,23+/m1/s1. The van der Waals surface area contributed by atoms with E-state index in [4.69, 9.17) is 0 Å². The number of likely N-dealkylation sites (tertiary alicyclic amines) is 1. The second-order valence-electron chi connectivity index (χ2n) is 8.00. The highest BCUT2D eigenvalue weighted by Crippen LogP contribution is 2.48. The molecule has 3 aromatic carbocycles. The van der Waals surface area contributed by atoms with Crippen LogP contribution in [0.4, 0.5) is 20.6 Å². The number of amides is 3. The van der Waals surface area contributed by atoms with Crippen molar-refractivity contribution in [2.45, 2.75) is 18.0 Å². The zero-order valence-corrected chi connectivity index (χ0v) is 17.2. The molecule has 2 aliphatic rings. The van der Waals surface area contributed by atoms with Crippen molar-refractivity contribution in [3.63, 3.8) is 0 Å². The summed E-state index contributed by atoms with van der Waals surface area (Å²) in [7, 11) is 0. The first kappa shape index (κ1) is 20.2. The number of fused-ring (bicyclic) bond motifs is 3. The molecular weight excluding hydrogens is 409 g/mol. The van der Waals surface area contributed by atoms with Crippen molar-refractivity contribution in [2.75, 3.05) is 23.4 Å². The smallest absolute Gasteiger partial charge is 0.326 e. The number of carbonyl (C=O) groups excluding carboxylic acids is 2. The number of rotatable bonds is 3.